The molecule has 144 valence electrons. The Bertz CT molecular complexity index is 518. The van der Waals surface area contributed by atoms with E-state index >= 15 is 0 Å². The minimum atomic E-state index is -0.670. The van der Waals surface area contributed by atoms with Crippen molar-refractivity contribution in [2.75, 3.05) is 59.4 Å². The van der Waals surface area contributed by atoms with Crippen molar-refractivity contribution in [3.8, 4) is 12.3 Å². The lowest BCUT2D eigenvalue weighted by Crippen LogP contribution is -2.36. The SMILES string of the molecule is C#CCOCCOCCOCCOCCNC(=O)[C@H](N)c1ccccc1. The Kier molecular flexibility index (Phi) is 13.0. The molecule has 3 N–H and O–H groups in total. The smallest absolute Gasteiger partial charge is 0.241 e. The molecular formula is C19H28N2O5. The van der Waals surface area contributed by atoms with E-state index in [4.69, 9.17) is 31.1 Å². The van der Waals surface area contributed by atoms with Crippen LogP contribution in [0.1, 0.15) is 11.6 Å². The molecule has 7 heteroatoms. The summed E-state index contributed by atoms with van der Waals surface area (Å²) >= 11 is 0. The lowest BCUT2D eigenvalue weighted by atomic mass is 10.1. The van der Waals surface area contributed by atoms with Crippen LogP contribution in [0.2, 0.25) is 0 Å². The first-order valence-corrected chi connectivity index (χ1v) is 8.58. The second kappa shape index (κ2) is 15.3. The lowest BCUT2D eigenvalue weighted by Gasteiger charge is -2.12. The average Bonchev–Trinajstić information content (AvgIpc) is 2.68. The first kappa shape index (κ1) is 22.1. The summed E-state index contributed by atoms with van der Waals surface area (Å²) in [4.78, 5) is 11.9. The van der Waals surface area contributed by atoms with E-state index in [1.165, 1.54) is 0 Å². The maximum atomic E-state index is 11.9. The predicted molar refractivity (Wildman–Crippen MR) is 98.5 cm³/mol. The molecule has 0 radical (unpaired) electrons. The molecule has 1 aromatic rings. The quantitative estimate of drug-likeness (QED) is 0.348. The zero-order valence-corrected chi connectivity index (χ0v) is 15.0. The van der Waals surface area contributed by atoms with Gasteiger partial charge in [-0.1, -0.05) is 36.3 Å². The highest BCUT2D eigenvalue weighted by Gasteiger charge is 2.14. The standard InChI is InChI=1S/C19H28N2O5/c1-2-9-23-11-13-25-15-16-26-14-12-24-10-8-21-19(22)18(20)17-6-4-3-5-7-17/h1,3-7,18H,8-16,20H2,(H,21,22)/t18-/m1/s1. The van der Waals surface area contributed by atoms with Gasteiger partial charge in [-0.3, -0.25) is 4.79 Å². The zero-order valence-electron chi connectivity index (χ0n) is 15.0. The molecule has 1 aromatic carbocycles. The Morgan fingerprint density at radius 2 is 1.50 bits per heavy atom. The normalized spacial score (nSPS) is 11.7. The number of carbonyl (C=O) groups is 1. The lowest BCUT2D eigenvalue weighted by molar-refractivity contribution is -0.122. The molecule has 0 heterocycles. The molecule has 0 fully saturated rings. The third-order valence-corrected chi connectivity index (χ3v) is 3.29. The topological polar surface area (TPSA) is 92.0 Å². The number of amides is 1. The zero-order chi connectivity index (χ0) is 18.9. The van der Waals surface area contributed by atoms with Gasteiger partial charge in [0.2, 0.25) is 5.91 Å². The number of nitrogens with one attached hydrogen (secondary N) is 1. The van der Waals surface area contributed by atoms with E-state index in [0.717, 1.165) is 5.56 Å². The predicted octanol–water partition coefficient (Wildman–Crippen LogP) is 0.502. The molecular weight excluding hydrogens is 336 g/mol. The van der Waals surface area contributed by atoms with E-state index < -0.39 is 6.04 Å². The Balaban J connectivity index is 1.87. The van der Waals surface area contributed by atoms with Crippen molar-refractivity contribution in [3.05, 3.63) is 35.9 Å². The van der Waals surface area contributed by atoms with Gasteiger partial charge in [-0.25, -0.2) is 0 Å². The highest BCUT2D eigenvalue weighted by molar-refractivity contribution is 5.82. The van der Waals surface area contributed by atoms with Crippen LogP contribution in [0.15, 0.2) is 30.3 Å². The highest BCUT2D eigenvalue weighted by Crippen LogP contribution is 2.08. The summed E-state index contributed by atoms with van der Waals surface area (Å²) in [6.45, 7) is 3.98. The van der Waals surface area contributed by atoms with Gasteiger partial charge in [-0.05, 0) is 5.56 Å². The van der Waals surface area contributed by atoms with E-state index in [2.05, 4.69) is 11.2 Å². The number of nitrogens with two attached hydrogens (primary N) is 1. The fourth-order valence-corrected chi connectivity index (χ4v) is 1.96. The van der Waals surface area contributed by atoms with Crippen LogP contribution in [0.3, 0.4) is 0 Å². The Morgan fingerprint density at radius 3 is 2.08 bits per heavy atom. The van der Waals surface area contributed by atoms with Crippen molar-refractivity contribution in [2.24, 2.45) is 5.73 Å². The summed E-state index contributed by atoms with van der Waals surface area (Å²) in [5, 5.41) is 2.75. The number of hydrogen-bond donors (Lipinski definition) is 2. The van der Waals surface area contributed by atoms with Gasteiger partial charge >= 0.3 is 0 Å². The van der Waals surface area contributed by atoms with Crippen LogP contribution < -0.4 is 11.1 Å². The molecule has 0 saturated heterocycles. The van der Waals surface area contributed by atoms with Crippen LogP contribution in [-0.4, -0.2) is 65.3 Å². The number of carbonyl (C=O) groups excluding carboxylic acids is 1. The third kappa shape index (κ3) is 10.8. The van der Waals surface area contributed by atoms with Crippen molar-refractivity contribution in [1.29, 1.82) is 0 Å². The van der Waals surface area contributed by atoms with Crippen molar-refractivity contribution in [2.45, 2.75) is 6.04 Å². The van der Waals surface area contributed by atoms with Crippen molar-refractivity contribution in [3.63, 3.8) is 0 Å². The minimum absolute atomic E-state index is 0.223. The average molecular weight is 364 g/mol. The second-order valence-corrected chi connectivity index (χ2v) is 5.27. The summed E-state index contributed by atoms with van der Waals surface area (Å²) in [6.07, 6.45) is 5.05. The third-order valence-electron chi connectivity index (χ3n) is 3.29. The number of terminal acetylenes is 1. The van der Waals surface area contributed by atoms with Crippen LogP contribution in [-0.2, 0) is 23.7 Å². The van der Waals surface area contributed by atoms with Gasteiger partial charge in [0.05, 0.1) is 46.2 Å². The van der Waals surface area contributed by atoms with Crippen LogP contribution in [0, 0.1) is 12.3 Å². The van der Waals surface area contributed by atoms with Crippen molar-refractivity contribution in [1.82, 2.24) is 5.32 Å². The fourth-order valence-electron chi connectivity index (χ4n) is 1.96. The number of ether oxygens (including phenoxy) is 4. The molecule has 0 saturated carbocycles. The summed E-state index contributed by atoms with van der Waals surface area (Å²) in [5.41, 5.74) is 6.67. The number of benzene rings is 1. The van der Waals surface area contributed by atoms with E-state index in [1.54, 1.807) is 0 Å². The molecule has 7 nitrogen and oxygen atoms in total. The van der Waals surface area contributed by atoms with E-state index in [0.29, 0.717) is 59.4 Å². The van der Waals surface area contributed by atoms with Crippen LogP contribution in [0.4, 0.5) is 0 Å². The van der Waals surface area contributed by atoms with Gasteiger partial charge < -0.3 is 30.0 Å². The Morgan fingerprint density at radius 1 is 0.962 bits per heavy atom. The molecule has 0 unspecified atom stereocenters. The molecule has 0 aliphatic heterocycles. The van der Waals surface area contributed by atoms with Crippen LogP contribution in [0.5, 0.6) is 0 Å². The number of hydrogen-bond acceptors (Lipinski definition) is 6. The maximum absolute atomic E-state index is 11.9. The summed E-state index contributed by atoms with van der Waals surface area (Å²) in [5.74, 6) is 2.16. The first-order valence-electron chi connectivity index (χ1n) is 8.58. The van der Waals surface area contributed by atoms with Crippen molar-refractivity contribution >= 4 is 5.91 Å². The summed E-state index contributed by atoms with van der Waals surface area (Å²) in [6, 6.07) is 8.56. The molecule has 0 aliphatic rings. The van der Waals surface area contributed by atoms with Gasteiger partial charge in [-0.15, -0.1) is 6.42 Å². The molecule has 26 heavy (non-hydrogen) atoms. The fraction of sp³-hybridized carbons (Fsp3) is 0.526. The molecule has 0 spiro atoms. The van der Waals surface area contributed by atoms with Gasteiger partial charge in [0, 0.05) is 6.54 Å². The van der Waals surface area contributed by atoms with Crippen molar-refractivity contribution < 1.29 is 23.7 Å². The first-order chi connectivity index (χ1) is 12.8. The van der Waals surface area contributed by atoms with Gasteiger partial charge in [-0.2, -0.15) is 0 Å². The highest BCUT2D eigenvalue weighted by atomic mass is 16.6. The van der Waals surface area contributed by atoms with Crippen LogP contribution >= 0.6 is 0 Å². The monoisotopic (exact) mass is 364 g/mol. The molecule has 0 bridgehead atoms. The second-order valence-electron chi connectivity index (χ2n) is 5.27. The van der Waals surface area contributed by atoms with Gasteiger partial charge in [0.1, 0.15) is 12.6 Å². The largest absolute Gasteiger partial charge is 0.377 e. The molecule has 1 atom stereocenters. The van der Waals surface area contributed by atoms with E-state index in [1.807, 2.05) is 30.3 Å². The summed E-state index contributed by atoms with van der Waals surface area (Å²) in [7, 11) is 0. The molecule has 1 amide bonds. The Hall–Kier alpha value is -1.95. The maximum Gasteiger partial charge on any atom is 0.241 e. The number of rotatable bonds is 15. The molecule has 0 aromatic heterocycles. The van der Waals surface area contributed by atoms with Crippen LogP contribution in [0.25, 0.3) is 0 Å². The molecule has 1 rings (SSSR count). The Labute approximate surface area is 155 Å². The summed E-state index contributed by atoms with van der Waals surface area (Å²) < 4.78 is 21.1. The van der Waals surface area contributed by atoms with Gasteiger partial charge in [0.15, 0.2) is 0 Å². The van der Waals surface area contributed by atoms with Gasteiger partial charge in [0.25, 0.3) is 0 Å². The molecule has 0 aliphatic carbocycles. The minimum Gasteiger partial charge on any atom is -0.377 e. The van der Waals surface area contributed by atoms with E-state index in [9.17, 15) is 4.79 Å². The van der Waals surface area contributed by atoms with E-state index in [-0.39, 0.29) is 5.91 Å².